The molecule has 124 valence electrons. The maximum atomic E-state index is 12.1. The molecule has 0 radical (unpaired) electrons. The van der Waals surface area contributed by atoms with Gasteiger partial charge in [-0.15, -0.1) is 0 Å². The van der Waals surface area contributed by atoms with Crippen LogP contribution >= 0.6 is 0 Å². The summed E-state index contributed by atoms with van der Waals surface area (Å²) in [5.41, 5.74) is 0.614. The molecule has 1 heterocycles. The molecule has 3 rings (SSSR count). The Hall–Kier alpha value is -3.02. The highest BCUT2D eigenvalue weighted by Crippen LogP contribution is 2.33. The number of hydrogen-bond donors (Lipinski definition) is 1. The third kappa shape index (κ3) is 3.48. The zero-order chi connectivity index (χ0) is 16.9. The molecule has 1 N–H and O–H groups in total. The van der Waals surface area contributed by atoms with Crippen molar-refractivity contribution in [2.75, 3.05) is 24.7 Å². The van der Waals surface area contributed by atoms with Gasteiger partial charge in [-0.1, -0.05) is 18.2 Å². The largest absolute Gasteiger partial charge is 0.494 e. The molecule has 0 spiro atoms. The van der Waals surface area contributed by atoms with Crippen molar-refractivity contribution in [3.05, 3.63) is 54.1 Å². The zero-order valence-electron chi connectivity index (χ0n) is 13.0. The number of para-hydroxylation sites is 1. The van der Waals surface area contributed by atoms with Gasteiger partial charge in [-0.2, -0.15) is 0 Å². The van der Waals surface area contributed by atoms with Gasteiger partial charge in [0.25, 0.3) is 5.91 Å². The maximum absolute atomic E-state index is 12.1. The molecule has 2 aromatic rings. The molecule has 2 aromatic carbocycles. The van der Waals surface area contributed by atoms with Gasteiger partial charge in [-0.3, -0.25) is 4.79 Å². The number of rotatable bonds is 6. The predicted octanol–water partition coefficient (Wildman–Crippen LogP) is 2.58. The van der Waals surface area contributed by atoms with Gasteiger partial charge < -0.3 is 19.5 Å². The minimum atomic E-state index is -1.04. The maximum Gasteiger partial charge on any atom is 0.335 e. The first-order valence-corrected chi connectivity index (χ1v) is 7.63. The number of carboxylic acid groups (broad SMARTS) is 1. The molecular weight excluding hydrogens is 310 g/mol. The summed E-state index contributed by atoms with van der Waals surface area (Å²) in [5, 5.41) is 9.11. The van der Waals surface area contributed by atoms with Gasteiger partial charge >= 0.3 is 5.97 Å². The summed E-state index contributed by atoms with van der Waals surface area (Å²) in [7, 11) is 0. The Labute approximate surface area is 139 Å². The van der Waals surface area contributed by atoms with Crippen LogP contribution in [0.25, 0.3) is 0 Å². The van der Waals surface area contributed by atoms with E-state index in [-0.39, 0.29) is 18.1 Å². The van der Waals surface area contributed by atoms with E-state index < -0.39 is 5.97 Å². The zero-order valence-corrected chi connectivity index (χ0v) is 13.0. The molecule has 1 aliphatic heterocycles. The van der Waals surface area contributed by atoms with E-state index in [1.807, 2.05) is 30.3 Å². The van der Waals surface area contributed by atoms with Crippen LogP contribution in [-0.4, -0.2) is 36.7 Å². The molecule has 1 aliphatic rings. The molecule has 6 heteroatoms. The number of carboxylic acids is 1. The molecule has 1 amide bonds. The lowest BCUT2D eigenvalue weighted by molar-refractivity contribution is -0.121. The molecule has 0 fully saturated rings. The number of benzene rings is 2. The van der Waals surface area contributed by atoms with Crippen LogP contribution in [0.4, 0.5) is 5.69 Å². The summed E-state index contributed by atoms with van der Waals surface area (Å²) in [5.74, 6) is 0.0656. The third-order valence-corrected chi connectivity index (χ3v) is 3.69. The van der Waals surface area contributed by atoms with E-state index in [2.05, 4.69) is 0 Å². The molecule has 0 aliphatic carbocycles. The van der Waals surface area contributed by atoms with Crippen LogP contribution in [0.3, 0.4) is 0 Å². The molecule has 0 saturated heterocycles. The second-order valence-corrected chi connectivity index (χ2v) is 5.34. The van der Waals surface area contributed by atoms with E-state index in [0.717, 1.165) is 5.75 Å². The summed E-state index contributed by atoms with van der Waals surface area (Å²) in [6.07, 6.45) is 0.622. The lowest BCUT2D eigenvalue weighted by atomic mass is 10.1. The van der Waals surface area contributed by atoms with Crippen LogP contribution in [-0.2, 0) is 4.79 Å². The van der Waals surface area contributed by atoms with Crippen LogP contribution in [0.5, 0.6) is 11.5 Å². The van der Waals surface area contributed by atoms with Crippen molar-refractivity contribution in [1.82, 2.24) is 0 Å². The van der Waals surface area contributed by atoms with Crippen LogP contribution in [0.2, 0.25) is 0 Å². The molecular formula is C18H17NO5. The fourth-order valence-corrected chi connectivity index (χ4v) is 2.51. The van der Waals surface area contributed by atoms with Crippen LogP contribution < -0.4 is 14.4 Å². The van der Waals surface area contributed by atoms with Crippen molar-refractivity contribution in [2.45, 2.75) is 6.42 Å². The Bertz CT molecular complexity index is 744. The van der Waals surface area contributed by atoms with Crippen molar-refractivity contribution in [3.8, 4) is 11.5 Å². The number of ether oxygens (including phenoxy) is 2. The standard InChI is InChI=1S/C18H17NO5/c20-17-12-24-16-8-7-13(18(21)22)11-15(16)19(17)9-4-10-23-14-5-2-1-3-6-14/h1-3,5-8,11H,4,9-10,12H2,(H,21,22). The molecule has 0 aromatic heterocycles. The van der Waals surface area contributed by atoms with E-state index in [1.54, 1.807) is 11.0 Å². The van der Waals surface area contributed by atoms with Crippen molar-refractivity contribution in [2.24, 2.45) is 0 Å². The Morgan fingerprint density at radius 1 is 1.21 bits per heavy atom. The number of carbonyl (C=O) groups is 2. The fourth-order valence-electron chi connectivity index (χ4n) is 2.51. The Morgan fingerprint density at radius 2 is 2.00 bits per heavy atom. The van der Waals surface area contributed by atoms with Crippen LogP contribution in [0.15, 0.2) is 48.5 Å². The number of carbonyl (C=O) groups excluding carboxylic acids is 1. The Kier molecular flexibility index (Phi) is 4.65. The van der Waals surface area contributed by atoms with Crippen LogP contribution in [0, 0.1) is 0 Å². The van der Waals surface area contributed by atoms with E-state index in [0.29, 0.717) is 31.0 Å². The van der Waals surface area contributed by atoms with E-state index >= 15 is 0 Å². The number of fused-ring (bicyclic) bond motifs is 1. The summed E-state index contributed by atoms with van der Waals surface area (Å²) in [4.78, 5) is 24.8. The Balaban J connectivity index is 1.66. The van der Waals surface area contributed by atoms with Gasteiger partial charge in [0, 0.05) is 6.54 Å². The minimum absolute atomic E-state index is 0.0427. The van der Waals surface area contributed by atoms with Gasteiger partial charge in [-0.25, -0.2) is 4.79 Å². The number of aromatic carboxylic acids is 1. The smallest absolute Gasteiger partial charge is 0.335 e. The molecule has 0 atom stereocenters. The molecule has 0 unspecified atom stereocenters. The van der Waals surface area contributed by atoms with Gasteiger partial charge in [0.2, 0.25) is 0 Å². The number of nitrogens with zero attached hydrogens (tertiary/aromatic N) is 1. The summed E-state index contributed by atoms with van der Waals surface area (Å²) in [6, 6.07) is 14.0. The van der Waals surface area contributed by atoms with Crippen molar-refractivity contribution >= 4 is 17.6 Å². The quantitative estimate of drug-likeness (QED) is 0.825. The van der Waals surface area contributed by atoms with Gasteiger partial charge in [-0.05, 0) is 36.8 Å². The normalized spacial score (nSPS) is 13.2. The third-order valence-electron chi connectivity index (χ3n) is 3.69. The van der Waals surface area contributed by atoms with E-state index in [4.69, 9.17) is 14.6 Å². The number of hydrogen-bond acceptors (Lipinski definition) is 4. The van der Waals surface area contributed by atoms with Gasteiger partial charge in [0.1, 0.15) is 11.5 Å². The lowest BCUT2D eigenvalue weighted by Crippen LogP contribution is -2.40. The van der Waals surface area contributed by atoms with Crippen LogP contribution in [0.1, 0.15) is 16.8 Å². The van der Waals surface area contributed by atoms with Crippen molar-refractivity contribution in [1.29, 1.82) is 0 Å². The predicted molar refractivity (Wildman–Crippen MR) is 87.8 cm³/mol. The first kappa shape index (κ1) is 15.9. The second kappa shape index (κ2) is 7.04. The summed E-state index contributed by atoms with van der Waals surface area (Å²) >= 11 is 0. The first-order valence-electron chi connectivity index (χ1n) is 7.63. The minimum Gasteiger partial charge on any atom is -0.494 e. The highest BCUT2D eigenvalue weighted by atomic mass is 16.5. The van der Waals surface area contributed by atoms with Crippen molar-refractivity contribution in [3.63, 3.8) is 0 Å². The van der Waals surface area contributed by atoms with Gasteiger partial charge in [0.15, 0.2) is 6.61 Å². The highest BCUT2D eigenvalue weighted by Gasteiger charge is 2.26. The highest BCUT2D eigenvalue weighted by molar-refractivity contribution is 5.99. The molecule has 6 nitrogen and oxygen atoms in total. The molecule has 0 bridgehead atoms. The topological polar surface area (TPSA) is 76.1 Å². The average Bonchev–Trinajstić information content (AvgIpc) is 2.60. The molecule has 24 heavy (non-hydrogen) atoms. The van der Waals surface area contributed by atoms with Crippen molar-refractivity contribution < 1.29 is 24.2 Å². The summed E-state index contributed by atoms with van der Waals surface area (Å²) in [6.45, 7) is 0.854. The number of amides is 1. The first-order chi connectivity index (χ1) is 11.6. The van der Waals surface area contributed by atoms with E-state index in [9.17, 15) is 9.59 Å². The summed E-state index contributed by atoms with van der Waals surface area (Å²) < 4.78 is 11.0. The average molecular weight is 327 g/mol. The fraction of sp³-hybridized carbons (Fsp3) is 0.222. The number of anilines is 1. The SMILES string of the molecule is O=C(O)c1ccc2c(c1)N(CCCOc1ccccc1)C(=O)CO2. The van der Waals surface area contributed by atoms with E-state index in [1.165, 1.54) is 12.1 Å². The van der Waals surface area contributed by atoms with Gasteiger partial charge in [0.05, 0.1) is 17.9 Å². The molecule has 0 saturated carbocycles. The Morgan fingerprint density at radius 3 is 2.75 bits per heavy atom. The lowest BCUT2D eigenvalue weighted by Gasteiger charge is -2.29. The second-order valence-electron chi connectivity index (χ2n) is 5.34. The monoisotopic (exact) mass is 327 g/mol.